The highest BCUT2D eigenvalue weighted by Crippen LogP contribution is 2.36. The van der Waals surface area contributed by atoms with Crippen LogP contribution in [-0.4, -0.2) is 6.11 Å². The maximum Gasteiger partial charge on any atom is 0.356 e. The summed E-state index contributed by atoms with van der Waals surface area (Å²) in [5.74, 6) is -0.346. The second kappa shape index (κ2) is 7.65. The summed E-state index contributed by atoms with van der Waals surface area (Å²) in [7, 11) is 0. The molecule has 2 nitrogen and oxygen atoms in total. The maximum absolute atomic E-state index is 13.9. The Morgan fingerprint density at radius 2 is 2.00 bits per heavy atom. The van der Waals surface area contributed by atoms with Crippen LogP contribution in [-0.2, 0) is 11.3 Å². The molecule has 5 heteroatoms. The molecule has 0 N–H and O–H groups in total. The number of benzene rings is 1. The Labute approximate surface area is 134 Å². The summed E-state index contributed by atoms with van der Waals surface area (Å²) in [6, 6.07) is 5.44. The maximum atomic E-state index is 13.9. The largest absolute Gasteiger partial charge is 0.356 e. The van der Waals surface area contributed by atoms with Crippen molar-refractivity contribution in [3.05, 3.63) is 47.8 Å². The molecule has 1 fully saturated rings. The van der Waals surface area contributed by atoms with Gasteiger partial charge in [-0.25, -0.2) is 4.39 Å². The number of hydrogen-bond acceptors (Lipinski definition) is 2. The van der Waals surface area contributed by atoms with E-state index in [1.807, 2.05) is 6.08 Å². The van der Waals surface area contributed by atoms with E-state index in [1.165, 1.54) is 12.1 Å². The minimum atomic E-state index is -3.23. The average Bonchev–Trinajstić information content (AvgIpc) is 2.53. The Morgan fingerprint density at radius 3 is 2.57 bits per heavy atom. The van der Waals surface area contributed by atoms with E-state index >= 15 is 0 Å². The summed E-state index contributed by atoms with van der Waals surface area (Å²) in [5, 5.41) is 8.64. The summed E-state index contributed by atoms with van der Waals surface area (Å²) in [6.07, 6.45) is 1.65. The fourth-order valence-corrected chi connectivity index (χ4v) is 2.95. The van der Waals surface area contributed by atoms with Gasteiger partial charge in [0.15, 0.2) is 0 Å². The predicted octanol–water partition coefficient (Wildman–Crippen LogP) is 5.19. The molecule has 124 valence electrons. The highest BCUT2D eigenvalue weighted by Gasteiger charge is 2.35. The highest BCUT2D eigenvalue weighted by atomic mass is 19.3. The van der Waals surface area contributed by atoms with Gasteiger partial charge in [0, 0.05) is 6.42 Å². The Kier molecular flexibility index (Phi) is 5.84. The van der Waals surface area contributed by atoms with Crippen molar-refractivity contribution in [2.24, 2.45) is 11.8 Å². The van der Waals surface area contributed by atoms with E-state index in [0.717, 1.165) is 31.7 Å². The molecule has 1 aliphatic carbocycles. The third-order valence-corrected chi connectivity index (χ3v) is 4.36. The van der Waals surface area contributed by atoms with E-state index in [2.05, 4.69) is 6.58 Å². The van der Waals surface area contributed by atoms with Crippen molar-refractivity contribution in [1.29, 1.82) is 5.26 Å². The zero-order chi connectivity index (χ0) is 16.9. The van der Waals surface area contributed by atoms with Crippen LogP contribution in [0.15, 0.2) is 30.9 Å². The lowest BCUT2D eigenvalue weighted by atomic mass is 9.80. The van der Waals surface area contributed by atoms with Gasteiger partial charge in [-0.15, -0.1) is 6.58 Å². The van der Waals surface area contributed by atoms with E-state index in [4.69, 9.17) is 10.00 Å². The highest BCUT2D eigenvalue weighted by molar-refractivity contribution is 5.33. The Bertz CT molecular complexity index is 586. The molecule has 0 atom stereocenters. The van der Waals surface area contributed by atoms with Gasteiger partial charge in [-0.05, 0) is 55.2 Å². The predicted molar refractivity (Wildman–Crippen MR) is 81.1 cm³/mol. The lowest BCUT2D eigenvalue weighted by Crippen LogP contribution is -2.26. The summed E-state index contributed by atoms with van der Waals surface area (Å²) in [5.41, 5.74) is 0.177. The molecule has 1 aromatic carbocycles. The van der Waals surface area contributed by atoms with Crippen LogP contribution in [0.2, 0.25) is 0 Å². The van der Waals surface area contributed by atoms with E-state index in [1.54, 1.807) is 6.07 Å². The van der Waals surface area contributed by atoms with Gasteiger partial charge in [-0.3, -0.25) is 0 Å². The van der Waals surface area contributed by atoms with Gasteiger partial charge >= 0.3 is 6.11 Å². The Morgan fingerprint density at radius 1 is 1.30 bits per heavy atom. The van der Waals surface area contributed by atoms with Crippen LogP contribution >= 0.6 is 0 Å². The summed E-state index contributed by atoms with van der Waals surface area (Å²) in [6.45, 7) is 3.37. The van der Waals surface area contributed by atoms with Gasteiger partial charge in [0.05, 0.1) is 12.2 Å². The number of alkyl halides is 2. The molecule has 0 amide bonds. The molecule has 2 rings (SSSR count). The molecule has 0 aromatic heterocycles. The quantitative estimate of drug-likeness (QED) is 0.675. The number of rotatable bonds is 6. The SMILES string of the molecule is C=C[C@H]1CC[C@H](CC(F)(F)OCc2ccc(C#N)c(F)c2)CC1. The van der Waals surface area contributed by atoms with Gasteiger partial charge in [-0.1, -0.05) is 12.1 Å². The summed E-state index contributed by atoms with van der Waals surface area (Å²) < 4.78 is 46.0. The first-order chi connectivity index (χ1) is 10.9. The molecule has 23 heavy (non-hydrogen) atoms. The molecule has 1 aliphatic rings. The topological polar surface area (TPSA) is 33.0 Å². The zero-order valence-corrected chi connectivity index (χ0v) is 12.9. The number of halogens is 3. The van der Waals surface area contributed by atoms with E-state index in [9.17, 15) is 13.2 Å². The smallest absolute Gasteiger partial charge is 0.316 e. The lowest BCUT2D eigenvalue weighted by molar-refractivity contribution is -0.256. The molecule has 0 saturated heterocycles. The van der Waals surface area contributed by atoms with Crippen molar-refractivity contribution in [3.8, 4) is 6.07 Å². The molecule has 0 heterocycles. The van der Waals surface area contributed by atoms with Crippen LogP contribution in [0.3, 0.4) is 0 Å². The van der Waals surface area contributed by atoms with Crippen LogP contribution in [0.25, 0.3) is 0 Å². The molecule has 0 radical (unpaired) electrons. The third kappa shape index (κ3) is 5.11. The van der Waals surface area contributed by atoms with E-state index in [0.29, 0.717) is 5.92 Å². The molecule has 0 aliphatic heterocycles. The fourth-order valence-electron chi connectivity index (χ4n) is 2.95. The number of nitriles is 1. The van der Waals surface area contributed by atoms with Gasteiger partial charge < -0.3 is 4.74 Å². The first-order valence-electron chi connectivity index (χ1n) is 7.76. The number of ether oxygens (including phenoxy) is 1. The Balaban J connectivity index is 1.85. The molecule has 1 saturated carbocycles. The first kappa shape index (κ1) is 17.6. The van der Waals surface area contributed by atoms with E-state index < -0.39 is 11.9 Å². The van der Waals surface area contributed by atoms with Crippen molar-refractivity contribution >= 4 is 0 Å². The van der Waals surface area contributed by atoms with Crippen LogP contribution in [0.1, 0.15) is 43.2 Å². The average molecular weight is 323 g/mol. The van der Waals surface area contributed by atoms with Gasteiger partial charge in [0.1, 0.15) is 11.9 Å². The minimum absolute atomic E-state index is 0.0566. The second-order valence-electron chi connectivity index (χ2n) is 6.07. The molecule has 0 spiro atoms. The second-order valence-corrected chi connectivity index (χ2v) is 6.07. The van der Waals surface area contributed by atoms with Crippen LogP contribution in [0.4, 0.5) is 13.2 Å². The monoisotopic (exact) mass is 323 g/mol. The van der Waals surface area contributed by atoms with Crippen LogP contribution in [0, 0.1) is 29.0 Å². The van der Waals surface area contributed by atoms with Crippen molar-refractivity contribution in [1.82, 2.24) is 0 Å². The fraction of sp³-hybridized carbons (Fsp3) is 0.500. The molecule has 1 aromatic rings. The van der Waals surface area contributed by atoms with Crippen molar-refractivity contribution in [3.63, 3.8) is 0 Å². The number of hydrogen-bond donors (Lipinski definition) is 0. The van der Waals surface area contributed by atoms with E-state index in [-0.39, 0.29) is 30.1 Å². The molecule has 0 unspecified atom stereocenters. The van der Waals surface area contributed by atoms with Crippen molar-refractivity contribution in [2.45, 2.75) is 44.8 Å². The van der Waals surface area contributed by atoms with Gasteiger partial charge in [0.25, 0.3) is 0 Å². The van der Waals surface area contributed by atoms with Crippen LogP contribution in [0.5, 0.6) is 0 Å². The normalized spacial score (nSPS) is 21.7. The number of allylic oxidation sites excluding steroid dienone is 1. The summed E-state index contributed by atoms with van der Waals surface area (Å²) >= 11 is 0. The molecular weight excluding hydrogens is 303 g/mol. The van der Waals surface area contributed by atoms with Gasteiger partial charge in [0.2, 0.25) is 0 Å². The standard InChI is InChI=1S/C18H20F3NO/c1-2-13-3-5-14(6-4-13)10-18(20,21)23-12-15-7-8-16(11-22)17(19)9-15/h2,7-9,13-14H,1,3-6,10,12H2/t13-,14-. The summed E-state index contributed by atoms with van der Waals surface area (Å²) in [4.78, 5) is 0. The molecular formula is C18H20F3NO. The van der Waals surface area contributed by atoms with Crippen molar-refractivity contribution < 1.29 is 17.9 Å². The lowest BCUT2D eigenvalue weighted by Gasteiger charge is -2.29. The third-order valence-electron chi connectivity index (χ3n) is 4.36. The van der Waals surface area contributed by atoms with Gasteiger partial charge in [-0.2, -0.15) is 14.0 Å². The van der Waals surface area contributed by atoms with Crippen molar-refractivity contribution in [2.75, 3.05) is 0 Å². The zero-order valence-electron chi connectivity index (χ0n) is 12.9. The Hall–Kier alpha value is -1.80. The van der Waals surface area contributed by atoms with Crippen LogP contribution < -0.4 is 0 Å². The molecule has 0 bridgehead atoms. The minimum Gasteiger partial charge on any atom is -0.316 e. The first-order valence-corrected chi connectivity index (χ1v) is 7.76. The number of nitrogens with zero attached hydrogens (tertiary/aromatic N) is 1.